The molecule has 0 unspecified atom stereocenters. The Morgan fingerprint density at radius 2 is 1.96 bits per heavy atom. The van der Waals surface area contributed by atoms with E-state index in [2.05, 4.69) is 60.7 Å². The Balaban J connectivity index is 1.45. The summed E-state index contributed by atoms with van der Waals surface area (Å²) in [6, 6.07) is 8.75. The Morgan fingerprint density at radius 3 is 2.74 bits per heavy atom. The highest BCUT2D eigenvalue weighted by atomic mass is 16.5. The monoisotopic (exact) mass is 367 g/mol. The quantitative estimate of drug-likeness (QED) is 0.513. The first-order chi connectivity index (χ1) is 13.1. The van der Waals surface area contributed by atoms with Crippen LogP contribution in [-0.2, 0) is 10.2 Å². The molecule has 1 aromatic rings. The highest BCUT2D eigenvalue weighted by Gasteiger charge is 2.39. The first-order valence-electron chi connectivity index (χ1n) is 10.9. The van der Waals surface area contributed by atoms with E-state index in [0.29, 0.717) is 0 Å². The van der Waals surface area contributed by atoms with E-state index in [1.54, 1.807) is 0 Å². The number of unbranched alkanes of at least 4 members (excludes halogenated alkanes) is 1. The van der Waals surface area contributed by atoms with Gasteiger partial charge in [-0.2, -0.15) is 4.58 Å². The number of fused-ring (bicyclic) bond motifs is 1. The van der Waals surface area contributed by atoms with Gasteiger partial charge in [-0.1, -0.05) is 64.2 Å². The van der Waals surface area contributed by atoms with E-state index in [1.807, 2.05) is 0 Å². The summed E-state index contributed by atoms with van der Waals surface area (Å²) < 4.78 is 8.49. The average Bonchev–Trinajstić information content (AvgIpc) is 3.37. The first kappa shape index (κ1) is 18.6. The van der Waals surface area contributed by atoms with Gasteiger partial charge in [0.15, 0.2) is 13.2 Å². The normalized spacial score (nSPS) is 23.4. The van der Waals surface area contributed by atoms with Crippen LogP contribution in [0.3, 0.4) is 0 Å². The number of anilines is 1. The third-order valence-corrected chi connectivity index (χ3v) is 6.89. The molecule has 0 N–H and O–H groups in total. The number of rotatable bonds is 6. The number of ether oxygens (including phenoxy) is 1. The number of nitrogens with zero attached hydrogens (tertiary/aromatic N) is 2. The third kappa shape index (κ3) is 3.66. The van der Waals surface area contributed by atoms with Gasteiger partial charge in [0, 0.05) is 30.3 Å². The minimum Gasteiger partial charge on any atom is -0.438 e. The van der Waals surface area contributed by atoms with Crippen molar-refractivity contribution in [2.24, 2.45) is 5.92 Å². The van der Waals surface area contributed by atoms with Crippen LogP contribution in [0.1, 0.15) is 64.4 Å². The summed E-state index contributed by atoms with van der Waals surface area (Å²) in [6.07, 6.45) is 12.2. The van der Waals surface area contributed by atoms with Gasteiger partial charge in [0.2, 0.25) is 0 Å². The Bertz CT molecular complexity index is 741. The smallest absolute Gasteiger partial charge is 0.364 e. The van der Waals surface area contributed by atoms with Crippen LogP contribution < -0.4 is 4.90 Å². The van der Waals surface area contributed by atoms with Crippen molar-refractivity contribution >= 4 is 11.6 Å². The molecule has 3 nitrogen and oxygen atoms in total. The van der Waals surface area contributed by atoms with E-state index >= 15 is 0 Å². The molecule has 0 amide bonds. The van der Waals surface area contributed by atoms with Gasteiger partial charge < -0.3 is 9.64 Å². The minimum atomic E-state index is 0.0123. The molecule has 1 saturated carbocycles. The molecule has 0 aromatic heterocycles. The number of benzene rings is 1. The van der Waals surface area contributed by atoms with Crippen LogP contribution in [-0.4, -0.2) is 37.2 Å². The fraction of sp³-hybridized carbons (Fsp3) is 0.625. The van der Waals surface area contributed by atoms with Crippen LogP contribution in [0.15, 0.2) is 36.0 Å². The maximum atomic E-state index is 6.04. The maximum absolute atomic E-state index is 6.04. The van der Waals surface area contributed by atoms with E-state index < -0.39 is 0 Å². The number of para-hydroxylation sites is 1. The molecule has 1 aliphatic carbocycles. The molecule has 1 fully saturated rings. The van der Waals surface area contributed by atoms with E-state index in [0.717, 1.165) is 31.5 Å². The van der Waals surface area contributed by atoms with Crippen molar-refractivity contribution in [3.05, 3.63) is 41.6 Å². The molecule has 3 aliphatic rings. The van der Waals surface area contributed by atoms with E-state index in [4.69, 9.17) is 4.74 Å². The number of likely N-dealkylation sites (N-methyl/N-ethyl adjacent to an activating group) is 1. The van der Waals surface area contributed by atoms with Crippen LogP contribution in [0.2, 0.25) is 0 Å². The zero-order chi connectivity index (χ0) is 18.9. The SMILES string of the molecule is CN1/C(=C/C2=[N+](CCCCC3CCCC3)CCO2)C(C)(C)c2ccccc21. The first-order valence-corrected chi connectivity index (χ1v) is 10.9. The van der Waals surface area contributed by atoms with Gasteiger partial charge >= 0.3 is 5.90 Å². The highest BCUT2D eigenvalue weighted by Crippen LogP contribution is 2.46. The second-order valence-electron chi connectivity index (χ2n) is 9.05. The summed E-state index contributed by atoms with van der Waals surface area (Å²) in [5, 5.41) is 0. The minimum absolute atomic E-state index is 0.0123. The molecular weight excluding hydrogens is 332 g/mol. The zero-order valence-electron chi connectivity index (χ0n) is 17.3. The summed E-state index contributed by atoms with van der Waals surface area (Å²) >= 11 is 0. The standard InChI is InChI=1S/C24H35N2O/c1-24(2)20-13-6-7-14-21(20)25(3)22(24)18-23-26(16-17-27-23)15-9-8-12-19-10-4-5-11-19/h6-7,13-14,18-19H,4-5,8-12,15-17H2,1-3H3/q+1. The molecule has 146 valence electrons. The largest absolute Gasteiger partial charge is 0.438 e. The van der Waals surface area contributed by atoms with Gasteiger partial charge in [-0.05, 0) is 24.0 Å². The van der Waals surface area contributed by atoms with Crippen LogP contribution in [0, 0.1) is 5.92 Å². The van der Waals surface area contributed by atoms with Crippen molar-refractivity contribution in [3.8, 4) is 0 Å². The Hall–Kier alpha value is -1.77. The lowest BCUT2D eigenvalue weighted by atomic mass is 9.84. The number of hydrogen-bond acceptors (Lipinski definition) is 2. The van der Waals surface area contributed by atoms with Gasteiger partial charge in [-0.3, -0.25) is 0 Å². The molecule has 3 heteroatoms. The van der Waals surface area contributed by atoms with Crippen molar-refractivity contribution in [2.75, 3.05) is 31.6 Å². The molecule has 2 aliphatic heterocycles. The molecule has 0 atom stereocenters. The van der Waals surface area contributed by atoms with Gasteiger partial charge in [0.05, 0.1) is 6.08 Å². The van der Waals surface area contributed by atoms with Gasteiger partial charge in [0.1, 0.15) is 6.54 Å². The van der Waals surface area contributed by atoms with E-state index in [-0.39, 0.29) is 5.41 Å². The molecule has 2 heterocycles. The highest BCUT2D eigenvalue weighted by molar-refractivity contribution is 5.87. The fourth-order valence-electron chi connectivity index (χ4n) is 5.23. The topological polar surface area (TPSA) is 15.5 Å². The molecule has 0 bridgehead atoms. The third-order valence-electron chi connectivity index (χ3n) is 6.89. The van der Waals surface area contributed by atoms with E-state index in [1.165, 1.54) is 61.9 Å². The predicted molar refractivity (Wildman–Crippen MR) is 113 cm³/mol. The molecular formula is C24H35N2O+. The maximum Gasteiger partial charge on any atom is 0.364 e. The van der Waals surface area contributed by atoms with Crippen LogP contribution in [0.4, 0.5) is 5.69 Å². The molecule has 0 spiro atoms. The zero-order valence-corrected chi connectivity index (χ0v) is 17.3. The number of allylic oxidation sites excluding steroid dienone is 1. The van der Waals surface area contributed by atoms with Crippen LogP contribution in [0.5, 0.6) is 0 Å². The Kier molecular flexibility index (Phi) is 5.29. The number of hydrogen-bond donors (Lipinski definition) is 0. The lowest BCUT2D eigenvalue weighted by molar-refractivity contribution is -0.518. The second-order valence-corrected chi connectivity index (χ2v) is 9.05. The van der Waals surface area contributed by atoms with Crippen molar-refractivity contribution in [1.29, 1.82) is 0 Å². The molecule has 0 saturated heterocycles. The van der Waals surface area contributed by atoms with Crippen molar-refractivity contribution in [1.82, 2.24) is 0 Å². The van der Waals surface area contributed by atoms with Crippen molar-refractivity contribution in [2.45, 2.75) is 64.2 Å². The molecule has 1 aromatic carbocycles. The van der Waals surface area contributed by atoms with Crippen molar-refractivity contribution < 1.29 is 9.31 Å². The lowest BCUT2D eigenvalue weighted by Gasteiger charge is -2.23. The van der Waals surface area contributed by atoms with Gasteiger partial charge in [-0.25, -0.2) is 0 Å². The summed E-state index contributed by atoms with van der Waals surface area (Å²) in [5.41, 5.74) is 4.06. The summed E-state index contributed by atoms with van der Waals surface area (Å²) in [7, 11) is 2.18. The second kappa shape index (κ2) is 7.69. The van der Waals surface area contributed by atoms with Gasteiger partial charge in [0.25, 0.3) is 0 Å². The van der Waals surface area contributed by atoms with Gasteiger partial charge in [-0.15, -0.1) is 0 Å². The average molecular weight is 368 g/mol. The lowest BCUT2D eigenvalue weighted by Crippen LogP contribution is -2.25. The molecule has 0 radical (unpaired) electrons. The molecule has 27 heavy (non-hydrogen) atoms. The summed E-state index contributed by atoms with van der Waals surface area (Å²) in [4.78, 5) is 2.34. The Labute approximate surface area is 164 Å². The van der Waals surface area contributed by atoms with Crippen molar-refractivity contribution in [3.63, 3.8) is 0 Å². The fourth-order valence-corrected chi connectivity index (χ4v) is 5.23. The van der Waals surface area contributed by atoms with Crippen LogP contribution >= 0.6 is 0 Å². The van der Waals surface area contributed by atoms with E-state index in [9.17, 15) is 0 Å². The summed E-state index contributed by atoms with van der Waals surface area (Å²) in [6.45, 7) is 7.62. The molecule has 4 rings (SSSR count). The summed E-state index contributed by atoms with van der Waals surface area (Å²) in [5.74, 6) is 2.08. The predicted octanol–water partition coefficient (Wildman–Crippen LogP) is 5.10. The van der Waals surface area contributed by atoms with Crippen LogP contribution in [0.25, 0.3) is 0 Å². The Morgan fingerprint density at radius 1 is 1.19 bits per heavy atom.